The minimum Gasteiger partial charge on any atom is -0.369 e. The topological polar surface area (TPSA) is 189 Å². The summed E-state index contributed by atoms with van der Waals surface area (Å²) in [7, 11) is -4.40. The molecule has 4 rings (SSSR count). The number of rotatable bonds is 0. The highest BCUT2D eigenvalue weighted by Crippen LogP contribution is 2.53. The Labute approximate surface area is 141 Å². The Morgan fingerprint density at radius 2 is 2.12 bits per heavy atom. The number of ether oxygens (including phenoxy) is 1. The number of aromatic amines is 1. The van der Waals surface area contributed by atoms with Crippen LogP contribution in [0.25, 0.3) is 0 Å². The summed E-state index contributed by atoms with van der Waals surface area (Å²) in [4.78, 5) is 27.7. The number of aliphatic hydroxyl groups is 2. The lowest BCUT2D eigenvalue weighted by atomic mass is 9.80. The zero-order valence-corrected chi connectivity index (χ0v) is 13.0. The molecule has 3 aliphatic heterocycles. The van der Waals surface area contributed by atoms with Crippen molar-refractivity contribution in [3.8, 4) is 0 Å². The minimum absolute atomic E-state index is 0. The van der Waals surface area contributed by atoms with Crippen LogP contribution in [0.1, 0.15) is 13.0 Å². The van der Waals surface area contributed by atoms with Gasteiger partial charge in [0.25, 0.3) is 5.56 Å². The highest BCUT2D eigenvalue weighted by atomic mass is 31.2. The predicted molar refractivity (Wildman–Crippen MR) is 83.3 cm³/mol. The molecule has 7 N–H and O–H groups in total. The van der Waals surface area contributed by atoms with Crippen molar-refractivity contribution in [3.63, 3.8) is 0 Å². The molecule has 3 aliphatic rings. The second kappa shape index (κ2) is 5.74. The molecule has 0 radical (unpaired) electrons. The Morgan fingerprint density at radius 3 is 2.84 bits per heavy atom. The van der Waals surface area contributed by atoms with Crippen LogP contribution >= 0.6 is 7.82 Å². The zero-order valence-electron chi connectivity index (χ0n) is 12.1. The summed E-state index contributed by atoms with van der Waals surface area (Å²) in [6, 6.07) is 0. The quantitative estimate of drug-likeness (QED) is 0.227. The van der Waals surface area contributed by atoms with Gasteiger partial charge in [-0.15, -0.1) is 0 Å². The summed E-state index contributed by atoms with van der Waals surface area (Å²) in [5.41, 5.74) is 5.14. The summed E-state index contributed by atoms with van der Waals surface area (Å²) in [5.74, 6) is -3.50. The van der Waals surface area contributed by atoms with Gasteiger partial charge in [0.2, 0.25) is 11.7 Å². The summed E-state index contributed by atoms with van der Waals surface area (Å²) in [5, 5.41) is 23.9. The molecule has 2 fully saturated rings. The van der Waals surface area contributed by atoms with E-state index < -0.39 is 43.5 Å². The van der Waals surface area contributed by atoms with Crippen molar-refractivity contribution in [1.82, 2.24) is 9.97 Å². The largest absolute Gasteiger partial charge is 0.472 e. The van der Waals surface area contributed by atoms with Gasteiger partial charge in [0.15, 0.2) is 6.10 Å². The average Bonchev–Trinajstić information content (AvgIpc) is 2.47. The smallest absolute Gasteiger partial charge is 0.369 e. The van der Waals surface area contributed by atoms with E-state index in [0.717, 1.165) is 0 Å². The number of anilines is 2. The molecule has 5 atom stereocenters. The SMILES string of the molecule is C.Nc1nc2c(c(=O)[nH]1)CC1[C@H](N2)O[C@@H]2COP(=O)(O)O[C@@H]2C1(O)O. The van der Waals surface area contributed by atoms with Crippen LogP contribution in [0.2, 0.25) is 0 Å². The minimum atomic E-state index is -4.40. The zero-order chi connectivity index (χ0) is 17.3. The molecular weight excluding hydrogens is 359 g/mol. The van der Waals surface area contributed by atoms with E-state index >= 15 is 0 Å². The van der Waals surface area contributed by atoms with E-state index in [1.165, 1.54) is 0 Å². The van der Waals surface area contributed by atoms with Crippen molar-refractivity contribution >= 4 is 19.6 Å². The van der Waals surface area contributed by atoms with Crippen LogP contribution < -0.4 is 16.6 Å². The van der Waals surface area contributed by atoms with Gasteiger partial charge in [-0.05, 0) is 6.42 Å². The molecule has 25 heavy (non-hydrogen) atoms. The van der Waals surface area contributed by atoms with Crippen LogP contribution in [0.4, 0.5) is 11.8 Å². The third-order valence-electron chi connectivity index (χ3n) is 4.37. The second-order valence-electron chi connectivity index (χ2n) is 5.90. The monoisotopic (exact) mass is 378 g/mol. The molecule has 2 unspecified atom stereocenters. The summed E-state index contributed by atoms with van der Waals surface area (Å²) in [6.07, 6.45) is -3.53. The van der Waals surface area contributed by atoms with Crippen LogP contribution in [0.5, 0.6) is 0 Å². The van der Waals surface area contributed by atoms with Gasteiger partial charge >= 0.3 is 7.82 Å². The van der Waals surface area contributed by atoms with E-state index in [1.54, 1.807) is 0 Å². The number of nitrogens with one attached hydrogen (secondary N) is 2. The number of nitrogens with zero attached hydrogens (tertiary/aromatic N) is 1. The van der Waals surface area contributed by atoms with E-state index in [-0.39, 0.29) is 37.8 Å². The molecule has 0 amide bonds. The first kappa shape index (κ1) is 18.3. The summed E-state index contributed by atoms with van der Waals surface area (Å²) in [6.45, 7) is -0.357. The van der Waals surface area contributed by atoms with Gasteiger partial charge in [-0.1, -0.05) is 7.43 Å². The number of hydrogen-bond donors (Lipinski definition) is 6. The van der Waals surface area contributed by atoms with Crippen molar-refractivity contribution in [2.45, 2.75) is 38.1 Å². The molecule has 13 heteroatoms. The molecule has 0 bridgehead atoms. The fraction of sp³-hybridized carbons (Fsp3) is 0.667. The van der Waals surface area contributed by atoms with Crippen LogP contribution in [0, 0.1) is 5.92 Å². The molecular formula is C12H19N4O8P. The van der Waals surface area contributed by atoms with E-state index in [2.05, 4.69) is 19.8 Å². The highest BCUT2D eigenvalue weighted by Gasteiger charge is 2.61. The first-order valence-electron chi connectivity index (χ1n) is 7.08. The molecule has 0 saturated carbocycles. The van der Waals surface area contributed by atoms with Crippen LogP contribution in [0.15, 0.2) is 4.79 Å². The number of hydrogen-bond acceptors (Lipinski definition) is 10. The van der Waals surface area contributed by atoms with Gasteiger partial charge in [-0.25, -0.2) is 4.57 Å². The Hall–Kier alpha value is -1.53. The van der Waals surface area contributed by atoms with Gasteiger partial charge in [-0.2, -0.15) is 4.98 Å². The molecule has 1 aromatic heterocycles. The highest BCUT2D eigenvalue weighted by molar-refractivity contribution is 7.47. The van der Waals surface area contributed by atoms with Crippen molar-refractivity contribution in [2.75, 3.05) is 17.7 Å². The summed E-state index contributed by atoms with van der Waals surface area (Å²) >= 11 is 0. The number of nitrogen functional groups attached to an aromatic ring is 1. The van der Waals surface area contributed by atoms with Gasteiger partial charge < -0.3 is 30.9 Å². The maximum absolute atomic E-state index is 12.0. The Balaban J connectivity index is 0.00000182. The number of phosphoric acid groups is 1. The lowest BCUT2D eigenvalue weighted by Gasteiger charge is -2.52. The Kier molecular flexibility index (Phi) is 4.20. The number of aromatic nitrogens is 2. The van der Waals surface area contributed by atoms with Gasteiger partial charge in [-0.3, -0.25) is 18.8 Å². The standard InChI is InChI=1S/C11H15N4O8P.CH4/c12-10-14-7-3(8(16)15-10)1-4-9(13-7)22-5-2-21-24(19,20)23-6(5)11(4,17)18;/h4-6,9,17-18H,1-2H2,(H,19,20)(H4,12,13,14,15,16);1H4/t4?,5-,6+,9-;/m1./s1. The third kappa shape index (κ3) is 2.85. The molecule has 0 aromatic carbocycles. The van der Waals surface area contributed by atoms with E-state index in [0.29, 0.717) is 0 Å². The maximum atomic E-state index is 12.0. The third-order valence-corrected chi connectivity index (χ3v) is 5.34. The average molecular weight is 378 g/mol. The Morgan fingerprint density at radius 1 is 1.40 bits per heavy atom. The second-order valence-corrected chi connectivity index (χ2v) is 7.31. The van der Waals surface area contributed by atoms with Gasteiger partial charge in [0, 0.05) is 0 Å². The Bertz CT molecular complexity index is 798. The van der Waals surface area contributed by atoms with Crippen LogP contribution in [-0.4, -0.2) is 55.9 Å². The number of nitrogens with two attached hydrogens (primary N) is 1. The molecule has 2 saturated heterocycles. The first-order chi connectivity index (χ1) is 11.2. The van der Waals surface area contributed by atoms with Crippen molar-refractivity contribution in [2.24, 2.45) is 5.92 Å². The lowest BCUT2D eigenvalue weighted by molar-refractivity contribution is -0.337. The molecule has 140 valence electrons. The normalized spacial score (nSPS) is 38.4. The predicted octanol–water partition coefficient (Wildman–Crippen LogP) is -1.51. The molecule has 0 aliphatic carbocycles. The molecule has 4 heterocycles. The van der Waals surface area contributed by atoms with Gasteiger partial charge in [0.05, 0.1) is 18.1 Å². The number of fused-ring (bicyclic) bond motifs is 3. The van der Waals surface area contributed by atoms with Crippen molar-refractivity contribution < 1.29 is 33.5 Å². The molecule has 0 spiro atoms. The van der Waals surface area contributed by atoms with Crippen LogP contribution in [0.3, 0.4) is 0 Å². The lowest BCUT2D eigenvalue weighted by Crippen LogP contribution is -2.68. The molecule has 1 aromatic rings. The van der Waals surface area contributed by atoms with E-state index in [4.69, 9.17) is 15.0 Å². The fourth-order valence-electron chi connectivity index (χ4n) is 3.25. The van der Waals surface area contributed by atoms with Crippen LogP contribution in [-0.2, 0) is 24.8 Å². The number of H-pyrrole nitrogens is 1. The number of phosphoric ester groups is 1. The van der Waals surface area contributed by atoms with E-state index in [9.17, 15) is 24.5 Å². The van der Waals surface area contributed by atoms with E-state index in [1.807, 2.05) is 0 Å². The fourth-order valence-corrected chi connectivity index (χ4v) is 4.22. The van der Waals surface area contributed by atoms with Crippen molar-refractivity contribution in [3.05, 3.63) is 15.9 Å². The molecule has 12 nitrogen and oxygen atoms in total. The van der Waals surface area contributed by atoms with Gasteiger partial charge in [0.1, 0.15) is 18.1 Å². The van der Waals surface area contributed by atoms with Crippen molar-refractivity contribution in [1.29, 1.82) is 0 Å². The summed E-state index contributed by atoms with van der Waals surface area (Å²) < 4.78 is 26.7. The maximum Gasteiger partial charge on any atom is 0.472 e. The first-order valence-corrected chi connectivity index (χ1v) is 8.58.